The van der Waals surface area contributed by atoms with Crippen molar-refractivity contribution in [2.45, 2.75) is 51.0 Å². The predicted octanol–water partition coefficient (Wildman–Crippen LogP) is 4.64. The zero-order valence-corrected chi connectivity index (χ0v) is 17.8. The van der Waals surface area contributed by atoms with E-state index < -0.39 is 0 Å². The third-order valence-electron chi connectivity index (χ3n) is 5.31. The molecule has 1 aliphatic heterocycles. The monoisotopic (exact) mass is 418 g/mol. The minimum Gasteiger partial charge on any atom is -0.353 e. The van der Waals surface area contributed by atoms with Crippen molar-refractivity contribution in [2.24, 2.45) is 0 Å². The van der Waals surface area contributed by atoms with Gasteiger partial charge in [-0.15, -0.1) is 11.3 Å². The number of carbonyl (C=O) groups is 2. The molecule has 150 valence electrons. The fraction of sp³-hybridized carbons (Fsp3) is 0.455. The maximum atomic E-state index is 12.9. The fourth-order valence-electron chi connectivity index (χ4n) is 3.73. The number of piperidine rings is 1. The first-order valence-electron chi connectivity index (χ1n) is 9.94. The van der Waals surface area contributed by atoms with Gasteiger partial charge in [0, 0.05) is 30.4 Å². The fourth-order valence-corrected chi connectivity index (χ4v) is 4.81. The molecule has 0 saturated carbocycles. The lowest BCUT2D eigenvalue weighted by atomic mass is 9.93. The molecule has 2 heterocycles. The quantitative estimate of drug-likeness (QED) is 0.712. The second-order valence-corrected chi connectivity index (χ2v) is 9.04. The summed E-state index contributed by atoms with van der Waals surface area (Å²) in [5, 5.41) is 3.13. The summed E-state index contributed by atoms with van der Waals surface area (Å²) in [6.45, 7) is 3.46. The van der Waals surface area contributed by atoms with Crippen molar-refractivity contribution in [3.63, 3.8) is 0 Å². The van der Waals surface area contributed by atoms with Crippen molar-refractivity contribution in [2.75, 3.05) is 13.1 Å². The largest absolute Gasteiger partial charge is 0.353 e. The second-order valence-electron chi connectivity index (χ2n) is 7.24. The van der Waals surface area contributed by atoms with Gasteiger partial charge in [0.1, 0.15) is 0 Å². The molecule has 1 fully saturated rings. The van der Waals surface area contributed by atoms with Crippen LogP contribution in [-0.2, 0) is 16.0 Å². The van der Waals surface area contributed by atoms with Crippen molar-refractivity contribution in [3.8, 4) is 0 Å². The first kappa shape index (κ1) is 20.9. The molecule has 1 saturated heterocycles. The molecule has 2 amide bonds. The molecule has 28 heavy (non-hydrogen) atoms. The van der Waals surface area contributed by atoms with E-state index in [1.165, 1.54) is 11.3 Å². The van der Waals surface area contributed by atoms with Gasteiger partial charge in [0.2, 0.25) is 11.8 Å². The topological polar surface area (TPSA) is 49.4 Å². The Hall–Kier alpha value is -1.85. The maximum Gasteiger partial charge on any atom is 0.230 e. The molecular formula is C22H27ClN2O2S. The van der Waals surface area contributed by atoms with E-state index in [2.05, 4.69) is 12.2 Å². The highest BCUT2D eigenvalue weighted by atomic mass is 35.5. The smallest absolute Gasteiger partial charge is 0.230 e. The van der Waals surface area contributed by atoms with Gasteiger partial charge in [-0.1, -0.05) is 48.9 Å². The Morgan fingerprint density at radius 2 is 1.89 bits per heavy atom. The van der Waals surface area contributed by atoms with Crippen molar-refractivity contribution < 1.29 is 9.59 Å². The van der Waals surface area contributed by atoms with Gasteiger partial charge in [-0.05, 0) is 43.4 Å². The average Bonchev–Trinajstić information content (AvgIpc) is 3.13. The van der Waals surface area contributed by atoms with Crippen LogP contribution in [0, 0.1) is 0 Å². The Bertz CT molecular complexity index is 785. The molecule has 1 aliphatic rings. The van der Waals surface area contributed by atoms with E-state index in [-0.39, 0.29) is 23.8 Å². The second kappa shape index (κ2) is 10.1. The number of hydrogen-bond acceptors (Lipinski definition) is 3. The standard InChI is InChI=1S/C22H27ClN2O2S/c1-2-19(16-6-4-3-5-7-16)22(27)25-14-12-17(13-15-25)24-21(26)11-9-18-8-10-20(23)28-18/h3-8,10,17,19H,2,9,11-15H2,1H3,(H,24,26). The first-order valence-corrected chi connectivity index (χ1v) is 11.1. The summed E-state index contributed by atoms with van der Waals surface area (Å²) in [5.74, 6) is 0.197. The molecule has 3 rings (SSSR count). The lowest BCUT2D eigenvalue weighted by Crippen LogP contribution is -2.47. The van der Waals surface area contributed by atoms with Crippen LogP contribution in [0.25, 0.3) is 0 Å². The summed E-state index contributed by atoms with van der Waals surface area (Å²) in [7, 11) is 0. The van der Waals surface area contributed by atoms with Crippen LogP contribution in [0.2, 0.25) is 4.34 Å². The number of hydrogen-bond donors (Lipinski definition) is 1. The number of thiophene rings is 1. The number of halogens is 1. The van der Waals surface area contributed by atoms with E-state index in [0.717, 1.165) is 40.5 Å². The van der Waals surface area contributed by atoms with E-state index in [9.17, 15) is 9.59 Å². The lowest BCUT2D eigenvalue weighted by molar-refractivity contribution is -0.134. The third kappa shape index (κ3) is 5.58. The van der Waals surface area contributed by atoms with Gasteiger partial charge in [0.05, 0.1) is 10.3 Å². The van der Waals surface area contributed by atoms with Gasteiger partial charge in [0.15, 0.2) is 0 Å². The molecule has 0 radical (unpaired) electrons. The van der Waals surface area contributed by atoms with Gasteiger partial charge in [-0.3, -0.25) is 9.59 Å². The lowest BCUT2D eigenvalue weighted by Gasteiger charge is -2.34. The Labute approximate surface area is 175 Å². The molecule has 0 bridgehead atoms. The zero-order valence-electron chi connectivity index (χ0n) is 16.2. The Morgan fingerprint density at radius 1 is 1.18 bits per heavy atom. The van der Waals surface area contributed by atoms with Crippen LogP contribution in [0.3, 0.4) is 0 Å². The average molecular weight is 419 g/mol. The van der Waals surface area contributed by atoms with Crippen molar-refractivity contribution in [3.05, 3.63) is 57.2 Å². The van der Waals surface area contributed by atoms with Crippen molar-refractivity contribution >= 4 is 34.8 Å². The number of rotatable bonds is 7. The summed E-state index contributed by atoms with van der Waals surface area (Å²) < 4.78 is 0.758. The zero-order chi connectivity index (χ0) is 19.9. The Morgan fingerprint density at radius 3 is 2.50 bits per heavy atom. The molecule has 0 spiro atoms. The van der Waals surface area contributed by atoms with E-state index in [0.29, 0.717) is 19.5 Å². The highest BCUT2D eigenvalue weighted by molar-refractivity contribution is 7.16. The molecule has 1 aromatic heterocycles. The van der Waals surface area contributed by atoms with Gasteiger partial charge in [-0.2, -0.15) is 0 Å². The van der Waals surface area contributed by atoms with Crippen LogP contribution in [0.4, 0.5) is 0 Å². The van der Waals surface area contributed by atoms with Crippen molar-refractivity contribution in [1.29, 1.82) is 0 Å². The van der Waals surface area contributed by atoms with Crippen LogP contribution >= 0.6 is 22.9 Å². The molecular weight excluding hydrogens is 392 g/mol. The van der Waals surface area contributed by atoms with Gasteiger partial charge in [-0.25, -0.2) is 0 Å². The predicted molar refractivity (Wildman–Crippen MR) is 115 cm³/mol. The summed E-state index contributed by atoms with van der Waals surface area (Å²) >= 11 is 7.45. The molecule has 1 N–H and O–H groups in total. The summed E-state index contributed by atoms with van der Waals surface area (Å²) in [6.07, 6.45) is 3.62. The minimum absolute atomic E-state index is 0.0741. The number of benzene rings is 1. The van der Waals surface area contributed by atoms with E-state index in [1.54, 1.807) is 0 Å². The highest BCUT2D eigenvalue weighted by Crippen LogP contribution is 2.25. The molecule has 6 heteroatoms. The van der Waals surface area contributed by atoms with Crippen LogP contribution in [0.5, 0.6) is 0 Å². The molecule has 0 aliphatic carbocycles. The maximum absolute atomic E-state index is 12.9. The van der Waals surface area contributed by atoms with Crippen LogP contribution in [0.1, 0.15) is 49.0 Å². The highest BCUT2D eigenvalue weighted by Gasteiger charge is 2.28. The molecule has 2 aromatic rings. The number of aryl methyl sites for hydroxylation is 1. The molecule has 1 atom stereocenters. The molecule has 1 aromatic carbocycles. The van der Waals surface area contributed by atoms with Gasteiger partial charge < -0.3 is 10.2 Å². The number of nitrogens with one attached hydrogen (secondary N) is 1. The van der Waals surface area contributed by atoms with E-state index >= 15 is 0 Å². The van der Waals surface area contributed by atoms with Crippen molar-refractivity contribution in [1.82, 2.24) is 10.2 Å². The van der Waals surface area contributed by atoms with Gasteiger partial charge >= 0.3 is 0 Å². The number of amides is 2. The van der Waals surface area contributed by atoms with E-state index in [1.807, 2.05) is 47.4 Å². The van der Waals surface area contributed by atoms with Crippen LogP contribution in [-0.4, -0.2) is 35.8 Å². The Balaban J connectivity index is 1.44. The normalized spacial score (nSPS) is 16.0. The third-order valence-corrected chi connectivity index (χ3v) is 6.60. The molecule has 4 nitrogen and oxygen atoms in total. The minimum atomic E-state index is -0.0787. The number of nitrogens with zero attached hydrogens (tertiary/aromatic N) is 1. The van der Waals surface area contributed by atoms with E-state index in [4.69, 9.17) is 11.6 Å². The summed E-state index contributed by atoms with van der Waals surface area (Å²) in [5.41, 5.74) is 1.08. The number of carbonyl (C=O) groups excluding carboxylic acids is 2. The number of likely N-dealkylation sites (tertiary alicyclic amines) is 1. The van der Waals surface area contributed by atoms with Crippen LogP contribution in [0.15, 0.2) is 42.5 Å². The summed E-state index contributed by atoms with van der Waals surface area (Å²) in [4.78, 5) is 28.3. The first-order chi connectivity index (χ1) is 13.6. The Kier molecular flexibility index (Phi) is 7.51. The van der Waals surface area contributed by atoms with Crippen LogP contribution < -0.4 is 5.32 Å². The van der Waals surface area contributed by atoms with Gasteiger partial charge in [0.25, 0.3) is 0 Å². The summed E-state index contributed by atoms with van der Waals surface area (Å²) in [6, 6.07) is 14.0. The SMILES string of the molecule is CCC(C(=O)N1CCC(NC(=O)CCc2ccc(Cl)s2)CC1)c1ccccc1. The molecule has 1 unspecified atom stereocenters.